The summed E-state index contributed by atoms with van der Waals surface area (Å²) in [5.74, 6) is 0. The molecule has 2 aliphatic rings. The van der Waals surface area contributed by atoms with E-state index in [0.29, 0.717) is 6.04 Å². The maximum absolute atomic E-state index is 2.40. The van der Waals surface area contributed by atoms with E-state index in [-0.39, 0.29) is 0 Å². The fraction of sp³-hybridized carbons (Fsp3) is 0.429. The molecule has 0 spiro atoms. The van der Waals surface area contributed by atoms with Crippen molar-refractivity contribution in [2.75, 3.05) is 33.2 Å². The Kier molecular flexibility index (Phi) is 4.66. The monoisotopic (exact) mass is 340 g/mol. The smallest absolute Gasteiger partial charge is 0.127 e. The maximum atomic E-state index is 2.40. The summed E-state index contributed by atoms with van der Waals surface area (Å²) in [6.07, 6.45) is 2.30. The highest BCUT2D eigenvalue weighted by Crippen LogP contribution is 2.41. The van der Waals surface area contributed by atoms with E-state index in [1.165, 1.54) is 53.5 Å². The van der Waals surface area contributed by atoms with Gasteiger partial charge in [0.1, 0.15) is 32.2 Å². The lowest BCUT2D eigenvalue weighted by atomic mass is 9.95. The summed E-state index contributed by atoms with van der Waals surface area (Å²) < 4.78 is 0. The molecule has 0 radical (unpaired) electrons. The largest absolute Gasteiger partial charge is 0.328 e. The zero-order valence-electron chi connectivity index (χ0n) is 14.8. The molecule has 2 N–H and O–H groups in total. The number of hydrogen-bond donors (Lipinski definition) is 2. The van der Waals surface area contributed by atoms with Gasteiger partial charge in [0, 0.05) is 21.8 Å². The summed E-state index contributed by atoms with van der Waals surface area (Å²) in [7, 11) is 2.33. The van der Waals surface area contributed by atoms with E-state index >= 15 is 0 Å². The molecule has 0 unspecified atom stereocenters. The van der Waals surface area contributed by atoms with Crippen molar-refractivity contribution in [1.82, 2.24) is 0 Å². The molecule has 2 aromatic carbocycles. The van der Waals surface area contributed by atoms with Crippen molar-refractivity contribution in [1.29, 1.82) is 0 Å². The first kappa shape index (κ1) is 16.2. The summed E-state index contributed by atoms with van der Waals surface area (Å²) >= 11 is 2.00. The first-order valence-electron chi connectivity index (χ1n) is 9.29. The standard InChI is InChI=1S/C21H26N2S/c1-3-16-8-6-9-18-19(23-13-11-22(2)12-14-23)15-17-7-4-5-10-20(17)24-21(16)18/h4-10,19H,3,11-15H2,1-2H3/p+2/t19-/m0/s1. The maximum Gasteiger partial charge on any atom is 0.127 e. The molecule has 3 heteroatoms. The third-order valence-corrected chi connectivity index (χ3v) is 7.05. The van der Waals surface area contributed by atoms with Crippen LogP contribution in [0.15, 0.2) is 52.3 Å². The van der Waals surface area contributed by atoms with Crippen LogP contribution in [0.2, 0.25) is 0 Å². The number of aryl methyl sites for hydroxylation is 1. The molecule has 2 aromatic rings. The third kappa shape index (κ3) is 3.01. The zero-order chi connectivity index (χ0) is 16.5. The average molecular weight is 341 g/mol. The van der Waals surface area contributed by atoms with Crippen LogP contribution < -0.4 is 9.80 Å². The van der Waals surface area contributed by atoms with Crippen LogP contribution in [0.25, 0.3) is 0 Å². The summed E-state index contributed by atoms with van der Waals surface area (Å²) in [6, 6.07) is 16.6. The van der Waals surface area contributed by atoms with Gasteiger partial charge in [-0.05, 0) is 23.6 Å². The first-order valence-corrected chi connectivity index (χ1v) is 10.1. The van der Waals surface area contributed by atoms with Gasteiger partial charge in [-0.2, -0.15) is 0 Å². The van der Waals surface area contributed by atoms with E-state index in [4.69, 9.17) is 0 Å². The van der Waals surface area contributed by atoms with Gasteiger partial charge in [-0.15, -0.1) is 0 Å². The predicted molar refractivity (Wildman–Crippen MR) is 100 cm³/mol. The van der Waals surface area contributed by atoms with E-state index in [0.717, 1.165) is 6.42 Å². The lowest BCUT2D eigenvalue weighted by Gasteiger charge is -2.34. The SMILES string of the molecule is CCc1cccc2c1Sc1ccccc1C[C@@H]2[NH+]1CC[NH+](C)CC1. The van der Waals surface area contributed by atoms with Crippen molar-refractivity contribution in [3.05, 3.63) is 59.2 Å². The topological polar surface area (TPSA) is 8.88 Å². The Bertz CT molecular complexity index is 720. The van der Waals surface area contributed by atoms with E-state index in [1.54, 1.807) is 15.4 Å². The summed E-state index contributed by atoms with van der Waals surface area (Å²) in [6.45, 7) is 7.46. The van der Waals surface area contributed by atoms with E-state index in [9.17, 15) is 0 Å². The molecule has 24 heavy (non-hydrogen) atoms. The molecule has 2 nitrogen and oxygen atoms in total. The molecule has 0 aromatic heterocycles. The number of fused-ring (bicyclic) bond motifs is 2. The van der Waals surface area contributed by atoms with Gasteiger partial charge in [-0.25, -0.2) is 0 Å². The molecule has 0 aliphatic carbocycles. The van der Waals surface area contributed by atoms with Crippen molar-refractivity contribution in [2.24, 2.45) is 0 Å². The molecule has 2 aliphatic heterocycles. The van der Waals surface area contributed by atoms with Crippen molar-refractivity contribution in [3.8, 4) is 0 Å². The molecule has 1 atom stereocenters. The third-order valence-electron chi connectivity index (χ3n) is 5.73. The van der Waals surface area contributed by atoms with Crippen molar-refractivity contribution < 1.29 is 9.80 Å². The fourth-order valence-electron chi connectivity index (χ4n) is 4.20. The molecule has 1 saturated heterocycles. The van der Waals surface area contributed by atoms with E-state index < -0.39 is 0 Å². The normalized spacial score (nSPS) is 26.3. The summed E-state index contributed by atoms with van der Waals surface area (Å²) in [5, 5.41) is 0. The Morgan fingerprint density at radius 3 is 2.58 bits per heavy atom. The molecular weight excluding hydrogens is 312 g/mol. The molecule has 0 saturated carbocycles. The summed E-state index contributed by atoms with van der Waals surface area (Å²) in [4.78, 5) is 6.46. The molecular formula is C21H28N2S+2. The minimum atomic E-state index is 0.607. The van der Waals surface area contributed by atoms with Gasteiger partial charge in [0.15, 0.2) is 0 Å². The quantitative estimate of drug-likeness (QED) is 0.840. The number of hydrogen-bond acceptors (Lipinski definition) is 1. The highest BCUT2D eigenvalue weighted by Gasteiger charge is 2.34. The van der Waals surface area contributed by atoms with Crippen LogP contribution in [-0.4, -0.2) is 33.2 Å². The second-order valence-electron chi connectivity index (χ2n) is 7.27. The van der Waals surface area contributed by atoms with E-state index in [2.05, 4.69) is 56.4 Å². The van der Waals surface area contributed by atoms with Gasteiger partial charge in [-0.3, -0.25) is 0 Å². The Hall–Kier alpha value is -1.29. The van der Waals surface area contributed by atoms with Crippen LogP contribution >= 0.6 is 11.8 Å². The Labute approximate surface area is 149 Å². The number of nitrogens with one attached hydrogen (secondary N) is 2. The number of quaternary nitrogens is 2. The zero-order valence-corrected chi connectivity index (χ0v) is 15.6. The van der Waals surface area contributed by atoms with Gasteiger partial charge in [0.25, 0.3) is 0 Å². The van der Waals surface area contributed by atoms with Crippen LogP contribution in [0.5, 0.6) is 0 Å². The van der Waals surface area contributed by atoms with Crippen LogP contribution in [-0.2, 0) is 12.8 Å². The van der Waals surface area contributed by atoms with Gasteiger partial charge < -0.3 is 9.80 Å². The molecule has 0 amide bonds. The van der Waals surface area contributed by atoms with Crippen molar-refractivity contribution in [3.63, 3.8) is 0 Å². The van der Waals surface area contributed by atoms with Gasteiger partial charge >= 0.3 is 0 Å². The van der Waals surface area contributed by atoms with E-state index in [1.807, 2.05) is 11.8 Å². The second-order valence-corrected chi connectivity index (χ2v) is 8.32. The van der Waals surface area contributed by atoms with Gasteiger partial charge in [-0.1, -0.05) is 55.1 Å². The van der Waals surface area contributed by atoms with Gasteiger partial charge in [0.2, 0.25) is 0 Å². The Morgan fingerprint density at radius 2 is 1.79 bits per heavy atom. The molecule has 2 heterocycles. The Balaban J connectivity index is 1.79. The first-order chi connectivity index (χ1) is 11.8. The Morgan fingerprint density at radius 1 is 1.00 bits per heavy atom. The van der Waals surface area contributed by atoms with Crippen LogP contribution in [0, 0.1) is 0 Å². The summed E-state index contributed by atoms with van der Waals surface area (Å²) in [5.41, 5.74) is 4.63. The number of piperazine rings is 1. The van der Waals surface area contributed by atoms with Crippen LogP contribution in [0.4, 0.5) is 0 Å². The van der Waals surface area contributed by atoms with Crippen LogP contribution in [0.1, 0.15) is 29.7 Å². The lowest BCUT2D eigenvalue weighted by molar-refractivity contribution is -1.02. The lowest BCUT2D eigenvalue weighted by Crippen LogP contribution is -3.27. The van der Waals surface area contributed by atoms with Crippen LogP contribution in [0.3, 0.4) is 0 Å². The number of likely N-dealkylation sites (N-methyl/N-ethyl adjacent to an activating group) is 1. The second kappa shape index (κ2) is 6.91. The predicted octanol–water partition coefficient (Wildman–Crippen LogP) is 1.41. The average Bonchev–Trinajstić information content (AvgIpc) is 2.79. The highest BCUT2D eigenvalue weighted by molar-refractivity contribution is 7.99. The minimum absolute atomic E-state index is 0.607. The highest BCUT2D eigenvalue weighted by atomic mass is 32.2. The molecule has 126 valence electrons. The van der Waals surface area contributed by atoms with Crippen molar-refractivity contribution in [2.45, 2.75) is 35.6 Å². The van der Waals surface area contributed by atoms with Gasteiger partial charge in [0.05, 0.1) is 7.05 Å². The van der Waals surface area contributed by atoms with Crippen molar-refractivity contribution >= 4 is 11.8 Å². The molecule has 1 fully saturated rings. The molecule has 0 bridgehead atoms. The number of benzene rings is 2. The molecule has 4 rings (SSSR count). The number of rotatable bonds is 2. The fourth-order valence-corrected chi connectivity index (χ4v) is 5.53. The minimum Gasteiger partial charge on any atom is -0.328 e.